The van der Waals surface area contributed by atoms with E-state index in [4.69, 9.17) is 10.5 Å². The molecule has 2 saturated carbocycles. The third-order valence-corrected chi connectivity index (χ3v) is 8.02. The van der Waals surface area contributed by atoms with Crippen LogP contribution < -0.4 is 5.73 Å². The number of rotatable bonds is 3. The summed E-state index contributed by atoms with van der Waals surface area (Å²) in [6, 6.07) is 0. The van der Waals surface area contributed by atoms with E-state index in [1.165, 1.54) is 96.3 Å². The summed E-state index contributed by atoms with van der Waals surface area (Å²) in [5, 5.41) is 0. The highest BCUT2D eigenvalue weighted by Gasteiger charge is 2.49. The van der Waals surface area contributed by atoms with Crippen molar-refractivity contribution in [2.75, 3.05) is 13.2 Å². The second-order valence-corrected chi connectivity index (χ2v) is 10.4. The molecule has 2 unspecified atom stereocenters. The molecule has 0 radical (unpaired) electrons. The normalized spacial score (nSPS) is 36.4. The van der Waals surface area contributed by atoms with Crippen molar-refractivity contribution >= 4 is 0 Å². The first-order chi connectivity index (χ1) is 12.0. The molecular weight excluding hydrogens is 306 g/mol. The molecule has 25 heavy (non-hydrogen) atoms. The van der Waals surface area contributed by atoms with Crippen LogP contribution in [0.3, 0.4) is 0 Å². The van der Waals surface area contributed by atoms with E-state index < -0.39 is 0 Å². The van der Waals surface area contributed by atoms with E-state index in [9.17, 15) is 0 Å². The van der Waals surface area contributed by atoms with Crippen LogP contribution in [-0.2, 0) is 4.74 Å². The quantitative estimate of drug-likeness (QED) is 0.656. The second-order valence-electron chi connectivity index (χ2n) is 10.4. The minimum atomic E-state index is 0.224. The molecule has 2 aliphatic carbocycles. The highest BCUT2D eigenvalue weighted by Crippen LogP contribution is 2.54. The van der Waals surface area contributed by atoms with E-state index in [0.717, 1.165) is 19.1 Å². The van der Waals surface area contributed by atoms with Gasteiger partial charge in [0.2, 0.25) is 0 Å². The second kappa shape index (κ2) is 8.30. The van der Waals surface area contributed by atoms with E-state index >= 15 is 0 Å². The molecule has 0 bridgehead atoms. The Hall–Kier alpha value is -0.0800. The van der Waals surface area contributed by atoms with Crippen LogP contribution in [-0.4, -0.2) is 18.8 Å². The highest BCUT2D eigenvalue weighted by atomic mass is 16.5. The van der Waals surface area contributed by atoms with Crippen molar-refractivity contribution < 1.29 is 4.74 Å². The van der Waals surface area contributed by atoms with Crippen LogP contribution in [0.25, 0.3) is 0 Å². The van der Waals surface area contributed by atoms with Crippen molar-refractivity contribution in [2.45, 2.75) is 116 Å². The lowest BCUT2D eigenvalue weighted by atomic mass is 9.60. The fraction of sp³-hybridized carbons (Fsp3) is 1.00. The summed E-state index contributed by atoms with van der Waals surface area (Å²) in [5.74, 6) is 0.881. The van der Waals surface area contributed by atoms with Crippen molar-refractivity contribution in [3.63, 3.8) is 0 Å². The summed E-state index contributed by atoms with van der Waals surface area (Å²) in [6.07, 6.45) is 20.6. The topological polar surface area (TPSA) is 35.2 Å². The molecule has 0 amide bonds. The molecule has 1 aliphatic heterocycles. The van der Waals surface area contributed by atoms with Crippen LogP contribution in [0, 0.1) is 16.7 Å². The maximum Gasteiger partial charge on any atom is 0.0688 e. The van der Waals surface area contributed by atoms with Crippen LogP contribution in [0.2, 0.25) is 0 Å². The molecule has 2 N–H and O–H groups in total. The molecule has 3 aliphatic rings. The van der Waals surface area contributed by atoms with Gasteiger partial charge < -0.3 is 10.5 Å². The SMILES string of the molecule is CC1(C)CCCCCC(C2(CCN)CCOC3(CCCC3)C2)CCC1. The van der Waals surface area contributed by atoms with Crippen molar-refractivity contribution in [2.24, 2.45) is 22.5 Å². The largest absolute Gasteiger partial charge is 0.375 e. The Balaban J connectivity index is 1.74. The van der Waals surface area contributed by atoms with E-state index in [2.05, 4.69) is 13.8 Å². The lowest BCUT2D eigenvalue weighted by Gasteiger charge is -2.51. The highest BCUT2D eigenvalue weighted by molar-refractivity contribution is 5.00. The van der Waals surface area contributed by atoms with Gasteiger partial charge in [0.25, 0.3) is 0 Å². The minimum absolute atomic E-state index is 0.224. The summed E-state index contributed by atoms with van der Waals surface area (Å²) in [5.41, 5.74) is 7.41. The van der Waals surface area contributed by atoms with Crippen LogP contribution in [0.5, 0.6) is 0 Å². The maximum absolute atomic E-state index is 6.41. The van der Waals surface area contributed by atoms with Gasteiger partial charge in [-0.1, -0.05) is 52.4 Å². The number of hydrogen-bond acceptors (Lipinski definition) is 2. The summed E-state index contributed by atoms with van der Waals surface area (Å²) >= 11 is 0. The van der Waals surface area contributed by atoms with Gasteiger partial charge in [-0.05, 0) is 81.1 Å². The van der Waals surface area contributed by atoms with Gasteiger partial charge in [0.05, 0.1) is 5.60 Å². The average molecular weight is 350 g/mol. The average Bonchev–Trinajstić information content (AvgIpc) is 3.00. The molecule has 3 rings (SSSR count). The Morgan fingerprint density at radius 2 is 1.52 bits per heavy atom. The van der Waals surface area contributed by atoms with Crippen molar-refractivity contribution in [1.82, 2.24) is 0 Å². The molecule has 1 spiro atoms. The molecular formula is C23H43NO. The Morgan fingerprint density at radius 3 is 2.28 bits per heavy atom. The van der Waals surface area contributed by atoms with Crippen molar-refractivity contribution in [3.8, 4) is 0 Å². The molecule has 0 aromatic carbocycles. The lowest BCUT2D eigenvalue weighted by Crippen LogP contribution is -2.48. The number of ether oxygens (including phenoxy) is 1. The zero-order chi connectivity index (χ0) is 17.8. The van der Waals surface area contributed by atoms with Gasteiger partial charge in [0.1, 0.15) is 0 Å². The minimum Gasteiger partial charge on any atom is -0.375 e. The summed E-state index contributed by atoms with van der Waals surface area (Å²) in [4.78, 5) is 0. The van der Waals surface area contributed by atoms with Crippen molar-refractivity contribution in [1.29, 1.82) is 0 Å². The van der Waals surface area contributed by atoms with E-state index in [1.807, 2.05) is 0 Å². The van der Waals surface area contributed by atoms with Gasteiger partial charge in [-0.15, -0.1) is 0 Å². The van der Waals surface area contributed by atoms with E-state index in [0.29, 0.717) is 10.8 Å². The van der Waals surface area contributed by atoms with Crippen molar-refractivity contribution in [3.05, 3.63) is 0 Å². The first-order valence-corrected chi connectivity index (χ1v) is 11.3. The monoisotopic (exact) mass is 349 g/mol. The Bertz CT molecular complexity index is 408. The summed E-state index contributed by atoms with van der Waals surface area (Å²) in [7, 11) is 0. The summed E-state index contributed by atoms with van der Waals surface area (Å²) in [6.45, 7) is 6.82. The number of nitrogens with two attached hydrogens (primary N) is 1. The van der Waals surface area contributed by atoms with E-state index in [-0.39, 0.29) is 5.60 Å². The molecule has 0 aromatic rings. The van der Waals surface area contributed by atoms with Crippen LogP contribution in [0.1, 0.15) is 110 Å². The standard InChI is InChI=1S/C23H43NO/c1-21(2)11-5-3-4-9-20(10-8-12-21)22(15-17-24)16-18-25-23(19-22)13-6-7-14-23/h20H,3-19,24H2,1-2H3. The fourth-order valence-electron chi connectivity index (χ4n) is 6.53. The van der Waals surface area contributed by atoms with E-state index in [1.54, 1.807) is 0 Å². The molecule has 1 saturated heterocycles. The van der Waals surface area contributed by atoms with Gasteiger partial charge in [-0.3, -0.25) is 0 Å². The molecule has 146 valence electrons. The van der Waals surface area contributed by atoms with Crippen LogP contribution in [0.15, 0.2) is 0 Å². The zero-order valence-corrected chi connectivity index (χ0v) is 17.1. The maximum atomic E-state index is 6.41. The van der Waals surface area contributed by atoms with Crippen LogP contribution >= 0.6 is 0 Å². The van der Waals surface area contributed by atoms with Gasteiger partial charge >= 0.3 is 0 Å². The van der Waals surface area contributed by atoms with Gasteiger partial charge in [-0.25, -0.2) is 0 Å². The van der Waals surface area contributed by atoms with Gasteiger partial charge in [0.15, 0.2) is 0 Å². The first-order valence-electron chi connectivity index (χ1n) is 11.3. The third-order valence-electron chi connectivity index (χ3n) is 8.02. The van der Waals surface area contributed by atoms with Gasteiger partial charge in [-0.2, -0.15) is 0 Å². The van der Waals surface area contributed by atoms with Gasteiger partial charge in [0, 0.05) is 6.61 Å². The first kappa shape index (κ1) is 19.7. The molecule has 2 atom stereocenters. The Labute approximate surface area is 156 Å². The molecule has 2 nitrogen and oxygen atoms in total. The fourth-order valence-corrected chi connectivity index (χ4v) is 6.53. The lowest BCUT2D eigenvalue weighted by molar-refractivity contribution is -0.142. The Morgan fingerprint density at radius 1 is 0.840 bits per heavy atom. The molecule has 2 heteroatoms. The molecule has 0 aromatic heterocycles. The predicted molar refractivity (Wildman–Crippen MR) is 107 cm³/mol. The smallest absolute Gasteiger partial charge is 0.0688 e. The molecule has 3 fully saturated rings. The predicted octanol–water partition coefficient (Wildman–Crippen LogP) is 6.22. The summed E-state index contributed by atoms with van der Waals surface area (Å²) < 4.78 is 6.41. The van der Waals surface area contributed by atoms with Crippen LogP contribution in [0.4, 0.5) is 0 Å². The Kier molecular flexibility index (Phi) is 6.53. The molecule has 1 heterocycles. The zero-order valence-electron chi connectivity index (χ0n) is 17.1. The number of hydrogen-bond donors (Lipinski definition) is 1. The third kappa shape index (κ3) is 4.80.